The number of carbonyl (C=O) groups excluding carboxylic acids is 1. The van der Waals surface area contributed by atoms with Crippen LogP contribution in [0, 0.1) is 11.8 Å². The second-order valence-corrected chi connectivity index (χ2v) is 6.18. The summed E-state index contributed by atoms with van der Waals surface area (Å²) in [5.41, 5.74) is -0.0742. The summed E-state index contributed by atoms with van der Waals surface area (Å²) in [7, 11) is 0. The number of rotatable bonds is 8. The largest absolute Gasteiger partial charge is 0.466 e. The van der Waals surface area contributed by atoms with E-state index in [-0.39, 0.29) is 17.5 Å². The van der Waals surface area contributed by atoms with E-state index in [1.165, 1.54) is 0 Å². The number of hydrogen-bond acceptors (Lipinski definition) is 3. The van der Waals surface area contributed by atoms with E-state index >= 15 is 0 Å². The summed E-state index contributed by atoms with van der Waals surface area (Å²) in [5.74, 6) is 0.601. The third kappa shape index (κ3) is 12.0. The predicted molar refractivity (Wildman–Crippen MR) is 79.0 cm³/mol. The summed E-state index contributed by atoms with van der Waals surface area (Å²) < 4.78 is 10.7. The van der Waals surface area contributed by atoms with Crippen LogP contribution in [0.25, 0.3) is 0 Å². The smallest absolute Gasteiger partial charge is 0.306 e. The molecule has 0 heterocycles. The average molecular weight is 270 g/mol. The molecule has 0 unspecified atom stereocenters. The molecule has 112 valence electrons. The molecule has 0 spiro atoms. The fraction of sp³-hybridized carbons (Fsp3) is 0.812. The van der Waals surface area contributed by atoms with Crippen molar-refractivity contribution in [2.45, 2.75) is 60.0 Å². The first kappa shape index (κ1) is 18.2. The molecule has 0 radical (unpaired) electrons. The molecule has 0 fully saturated rings. The molecular weight excluding hydrogens is 240 g/mol. The molecule has 0 aromatic carbocycles. The molecule has 0 saturated heterocycles. The summed E-state index contributed by atoms with van der Waals surface area (Å²) in [5, 5.41) is 0. The molecule has 3 heteroatoms. The topological polar surface area (TPSA) is 35.5 Å². The van der Waals surface area contributed by atoms with Crippen LogP contribution in [0.2, 0.25) is 0 Å². The van der Waals surface area contributed by atoms with Gasteiger partial charge in [-0.1, -0.05) is 26.0 Å². The lowest BCUT2D eigenvalue weighted by atomic mass is 10.0. The molecule has 19 heavy (non-hydrogen) atoms. The van der Waals surface area contributed by atoms with E-state index in [9.17, 15) is 4.79 Å². The first-order valence-corrected chi connectivity index (χ1v) is 7.20. The summed E-state index contributed by atoms with van der Waals surface area (Å²) in [6, 6.07) is 0. The van der Waals surface area contributed by atoms with Crippen molar-refractivity contribution in [2.24, 2.45) is 11.8 Å². The van der Waals surface area contributed by atoms with Gasteiger partial charge in [-0.25, -0.2) is 0 Å². The Morgan fingerprint density at radius 1 is 1.26 bits per heavy atom. The van der Waals surface area contributed by atoms with Gasteiger partial charge >= 0.3 is 5.97 Å². The normalized spacial score (nSPS) is 15.5. The third-order valence-corrected chi connectivity index (χ3v) is 2.60. The molecule has 0 aliphatic carbocycles. The highest BCUT2D eigenvalue weighted by atomic mass is 16.5. The van der Waals surface area contributed by atoms with E-state index in [4.69, 9.17) is 9.47 Å². The standard InChI is InChI=1S/C16H30O3/c1-7-18-15(17)11-13(2)9-8-10-14(3)12-19-16(4,5)6/h8-9,13-14H,7,10-12H2,1-6H3/b9-8+/t13-,14-/m1/s1. The van der Waals surface area contributed by atoms with Crippen molar-refractivity contribution in [1.82, 2.24) is 0 Å². The van der Waals surface area contributed by atoms with Gasteiger partial charge in [0.05, 0.1) is 25.2 Å². The summed E-state index contributed by atoms with van der Waals surface area (Å²) in [6.07, 6.45) is 5.66. The molecule has 0 aromatic heterocycles. The van der Waals surface area contributed by atoms with Crippen molar-refractivity contribution >= 4 is 5.97 Å². The van der Waals surface area contributed by atoms with Gasteiger partial charge in [0.1, 0.15) is 0 Å². The summed E-state index contributed by atoms with van der Waals surface area (Å²) >= 11 is 0. The van der Waals surface area contributed by atoms with Gasteiger partial charge in [-0.3, -0.25) is 4.79 Å². The van der Waals surface area contributed by atoms with Gasteiger partial charge in [0.15, 0.2) is 0 Å². The van der Waals surface area contributed by atoms with Crippen LogP contribution in [0.5, 0.6) is 0 Å². The number of ether oxygens (including phenoxy) is 2. The van der Waals surface area contributed by atoms with E-state index in [2.05, 4.69) is 39.8 Å². The van der Waals surface area contributed by atoms with Gasteiger partial charge < -0.3 is 9.47 Å². The second-order valence-electron chi connectivity index (χ2n) is 6.18. The van der Waals surface area contributed by atoms with Crippen LogP contribution in [0.3, 0.4) is 0 Å². The van der Waals surface area contributed by atoms with Crippen LogP contribution in [-0.4, -0.2) is 24.8 Å². The Bertz CT molecular complexity index is 276. The highest BCUT2D eigenvalue weighted by molar-refractivity contribution is 5.69. The van der Waals surface area contributed by atoms with E-state index in [0.29, 0.717) is 18.9 Å². The molecule has 0 aromatic rings. The van der Waals surface area contributed by atoms with Crippen LogP contribution in [0.15, 0.2) is 12.2 Å². The summed E-state index contributed by atoms with van der Waals surface area (Å²) in [4.78, 5) is 11.3. The molecule has 0 bridgehead atoms. The van der Waals surface area contributed by atoms with Crippen molar-refractivity contribution in [2.75, 3.05) is 13.2 Å². The molecule has 0 aliphatic heterocycles. The van der Waals surface area contributed by atoms with Crippen LogP contribution in [-0.2, 0) is 14.3 Å². The Labute approximate surface area is 118 Å². The van der Waals surface area contributed by atoms with Gasteiger partial charge in [-0.05, 0) is 46.0 Å². The van der Waals surface area contributed by atoms with E-state index in [0.717, 1.165) is 13.0 Å². The first-order chi connectivity index (χ1) is 8.74. The lowest BCUT2D eigenvalue weighted by Gasteiger charge is -2.22. The maximum Gasteiger partial charge on any atom is 0.306 e. The molecule has 0 saturated carbocycles. The van der Waals surface area contributed by atoms with Crippen LogP contribution >= 0.6 is 0 Å². The highest BCUT2D eigenvalue weighted by Gasteiger charge is 2.12. The Kier molecular flexibility index (Phi) is 8.73. The van der Waals surface area contributed by atoms with Crippen LogP contribution < -0.4 is 0 Å². The number of esters is 1. The van der Waals surface area contributed by atoms with E-state index in [1.807, 2.05) is 13.8 Å². The van der Waals surface area contributed by atoms with E-state index in [1.54, 1.807) is 0 Å². The maximum atomic E-state index is 11.3. The second kappa shape index (κ2) is 9.13. The third-order valence-electron chi connectivity index (χ3n) is 2.60. The SMILES string of the molecule is CCOC(=O)C[C@H](C)/C=C/C[C@@H](C)COC(C)(C)C. The van der Waals surface area contributed by atoms with Crippen LogP contribution in [0.1, 0.15) is 54.4 Å². The Hall–Kier alpha value is -0.830. The average Bonchev–Trinajstić information content (AvgIpc) is 2.25. The first-order valence-electron chi connectivity index (χ1n) is 7.20. The molecule has 0 rings (SSSR count). The van der Waals surface area contributed by atoms with Crippen LogP contribution in [0.4, 0.5) is 0 Å². The lowest BCUT2D eigenvalue weighted by molar-refractivity contribution is -0.143. The molecule has 3 nitrogen and oxygen atoms in total. The Balaban J connectivity index is 3.85. The van der Waals surface area contributed by atoms with Gasteiger partial charge in [-0.2, -0.15) is 0 Å². The van der Waals surface area contributed by atoms with Crippen molar-refractivity contribution in [3.8, 4) is 0 Å². The minimum Gasteiger partial charge on any atom is -0.466 e. The zero-order chi connectivity index (χ0) is 14.9. The minimum atomic E-state index is -0.122. The fourth-order valence-corrected chi connectivity index (χ4v) is 1.55. The Morgan fingerprint density at radius 3 is 2.42 bits per heavy atom. The number of hydrogen-bond donors (Lipinski definition) is 0. The van der Waals surface area contributed by atoms with Gasteiger partial charge in [-0.15, -0.1) is 0 Å². The van der Waals surface area contributed by atoms with Gasteiger partial charge in [0.2, 0.25) is 0 Å². The Morgan fingerprint density at radius 2 is 1.89 bits per heavy atom. The maximum absolute atomic E-state index is 11.3. The van der Waals surface area contributed by atoms with Gasteiger partial charge in [0, 0.05) is 0 Å². The molecule has 0 aliphatic rings. The van der Waals surface area contributed by atoms with Crippen molar-refractivity contribution in [3.63, 3.8) is 0 Å². The zero-order valence-electron chi connectivity index (χ0n) is 13.4. The van der Waals surface area contributed by atoms with E-state index < -0.39 is 0 Å². The number of allylic oxidation sites excluding steroid dienone is 2. The molecule has 2 atom stereocenters. The monoisotopic (exact) mass is 270 g/mol. The lowest BCUT2D eigenvalue weighted by Crippen LogP contribution is -2.22. The number of carbonyl (C=O) groups is 1. The van der Waals surface area contributed by atoms with Crippen molar-refractivity contribution < 1.29 is 14.3 Å². The van der Waals surface area contributed by atoms with Crippen molar-refractivity contribution in [1.29, 1.82) is 0 Å². The highest BCUT2D eigenvalue weighted by Crippen LogP contribution is 2.13. The summed E-state index contributed by atoms with van der Waals surface area (Å²) in [6.45, 7) is 13.5. The molecular formula is C16H30O3. The quantitative estimate of drug-likeness (QED) is 0.494. The fourth-order valence-electron chi connectivity index (χ4n) is 1.55. The zero-order valence-corrected chi connectivity index (χ0v) is 13.4. The minimum absolute atomic E-state index is 0.0742. The molecule has 0 N–H and O–H groups in total. The predicted octanol–water partition coefficient (Wildman–Crippen LogP) is 3.97. The van der Waals surface area contributed by atoms with Gasteiger partial charge in [0.25, 0.3) is 0 Å². The molecule has 0 amide bonds. The van der Waals surface area contributed by atoms with Crippen molar-refractivity contribution in [3.05, 3.63) is 12.2 Å².